The molecule has 13 heavy (non-hydrogen) atoms. The molecule has 4 rings (SSSR count). The fourth-order valence-corrected chi connectivity index (χ4v) is 3.88. The van der Waals surface area contributed by atoms with Crippen LogP contribution in [0.4, 0.5) is 0 Å². The lowest BCUT2D eigenvalue weighted by Crippen LogP contribution is -2.29. The van der Waals surface area contributed by atoms with Crippen LogP contribution in [0.3, 0.4) is 0 Å². The first-order chi connectivity index (χ1) is 6.27. The molecule has 4 bridgehead atoms. The van der Waals surface area contributed by atoms with E-state index in [1.807, 2.05) is 0 Å². The summed E-state index contributed by atoms with van der Waals surface area (Å²) >= 11 is 0. The highest BCUT2D eigenvalue weighted by molar-refractivity contribution is 5.83. The topological polar surface area (TPSA) is 37.3 Å². The Balaban J connectivity index is 2.01. The lowest BCUT2D eigenvalue weighted by molar-refractivity contribution is -0.127. The van der Waals surface area contributed by atoms with Gasteiger partial charge in [-0.15, -0.1) is 0 Å². The zero-order valence-corrected chi connectivity index (χ0v) is 7.78. The minimum Gasteiger partial charge on any atom is -0.393 e. The summed E-state index contributed by atoms with van der Waals surface area (Å²) in [6.07, 6.45) is 5.13. The first kappa shape index (κ1) is 7.98. The molecule has 4 aliphatic carbocycles. The van der Waals surface area contributed by atoms with E-state index in [4.69, 9.17) is 0 Å². The summed E-state index contributed by atoms with van der Waals surface area (Å²) in [6, 6.07) is 0. The van der Waals surface area contributed by atoms with Gasteiger partial charge < -0.3 is 5.11 Å². The van der Waals surface area contributed by atoms with Gasteiger partial charge in [-0.25, -0.2) is 0 Å². The van der Waals surface area contributed by atoms with Crippen molar-refractivity contribution in [2.45, 2.75) is 38.2 Å². The molecule has 5 atom stereocenters. The van der Waals surface area contributed by atoms with E-state index in [1.54, 1.807) is 0 Å². The molecule has 0 aromatic heterocycles. The molecule has 0 saturated heterocycles. The third-order valence-corrected chi connectivity index (χ3v) is 4.56. The Bertz CT molecular complexity index is 248. The normalized spacial score (nSPS) is 53.9. The summed E-state index contributed by atoms with van der Waals surface area (Å²) in [7, 11) is 0. The van der Waals surface area contributed by atoms with Gasteiger partial charge in [0.15, 0.2) is 0 Å². The highest BCUT2D eigenvalue weighted by atomic mass is 16.3. The Morgan fingerprint density at radius 2 is 1.85 bits per heavy atom. The third-order valence-electron chi connectivity index (χ3n) is 4.56. The third kappa shape index (κ3) is 0.954. The summed E-state index contributed by atoms with van der Waals surface area (Å²) in [5.41, 5.74) is 0. The quantitative estimate of drug-likeness (QED) is 0.611. The molecule has 0 heterocycles. The number of fused-ring (bicyclic) bond motifs is 2. The number of hydrogen-bond donors (Lipinski definition) is 1. The molecule has 1 N–H and O–H groups in total. The van der Waals surface area contributed by atoms with Gasteiger partial charge >= 0.3 is 0 Å². The molecule has 0 aliphatic heterocycles. The molecule has 0 aromatic carbocycles. The summed E-state index contributed by atoms with van der Waals surface area (Å²) in [5, 5.41) is 10.0. The van der Waals surface area contributed by atoms with Crippen molar-refractivity contribution in [2.24, 2.45) is 23.7 Å². The lowest BCUT2D eigenvalue weighted by atomic mass is 9.74. The lowest BCUT2D eigenvalue weighted by Gasteiger charge is -2.29. The standard InChI is InChI=1S/C11H16O2/c12-10-5-6-1-2-8(10)9-4-3-7(6)11(9)13/h6-9,11,13H,1-5H2. The Morgan fingerprint density at radius 3 is 2.62 bits per heavy atom. The van der Waals surface area contributed by atoms with Gasteiger partial charge in [0, 0.05) is 12.3 Å². The van der Waals surface area contributed by atoms with Crippen LogP contribution in [0, 0.1) is 23.7 Å². The molecule has 4 fully saturated rings. The van der Waals surface area contributed by atoms with Crippen molar-refractivity contribution in [3.63, 3.8) is 0 Å². The molecule has 72 valence electrons. The van der Waals surface area contributed by atoms with Gasteiger partial charge in [0.25, 0.3) is 0 Å². The number of hydrogen-bond acceptors (Lipinski definition) is 2. The van der Waals surface area contributed by atoms with E-state index >= 15 is 0 Å². The van der Waals surface area contributed by atoms with Crippen LogP contribution in [0.15, 0.2) is 0 Å². The maximum absolute atomic E-state index is 11.7. The van der Waals surface area contributed by atoms with E-state index in [-0.39, 0.29) is 12.0 Å². The van der Waals surface area contributed by atoms with Crippen LogP contribution in [0.25, 0.3) is 0 Å². The van der Waals surface area contributed by atoms with Crippen molar-refractivity contribution < 1.29 is 9.90 Å². The number of aliphatic hydroxyl groups is 1. The maximum atomic E-state index is 11.7. The Labute approximate surface area is 78.3 Å². The Kier molecular flexibility index (Phi) is 1.58. The number of carbonyl (C=O) groups excluding carboxylic acids is 1. The second-order valence-electron chi connectivity index (χ2n) is 5.01. The minimum atomic E-state index is -0.149. The SMILES string of the molecule is O=C1CC2CCC1C1CCC2C1O. The highest BCUT2D eigenvalue weighted by Crippen LogP contribution is 2.51. The molecule has 0 aromatic rings. The van der Waals surface area contributed by atoms with Crippen molar-refractivity contribution >= 4 is 5.78 Å². The summed E-state index contributed by atoms with van der Waals surface area (Å²) in [5.74, 6) is 1.97. The monoisotopic (exact) mass is 180 g/mol. The molecule has 5 unspecified atom stereocenters. The molecule has 4 aliphatic rings. The number of aliphatic hydroxyl groups excluding tert-OH is 1. The zero-order chi connectivity index (χ0) is 9.00. The molecular weight excluding hydrogens is 164 g/mol. The van der Waals surface area contributed by atoms with Gasteiger partial charge in [0.1, 0.15) is 5.78 Å². The Hall–Kier alpha value is -0.370. The van der Waals surface area contributed by atoms with Crippen molar-refractivity contribution in [2.75, 3.05) is 0 Å². The average molecular weight is 180 g/mol. The van der Waals surface area contributed by atoms with E-state index < -0.39 is 0 Å². The predicted molar refractivity (Wildman–Crippen MR) is 48.1 cm³/mol. The molecule has 0 radical (unpaired) electrons. The van der Waals surface area contributed by atoms with Crippen molar-refractivity contribution in [3.05, 3.63) is 0 Å². The second kappa shape index (κ2) is 2.57. The Morgan fingerprint density at radius 1 is 1.08 bits per heavy atom. The first-order valence-corrected chi connectivity index (χ1v) is 5.48. The van der Waals surface area contributed by atoms with Crippen LogP contribution in [0.5, 0.6) is 0 Å². The van der Waals surface area contributed by atoms with E-state index in [1.165, 1.54) is 12.8 Å². The first-order valence-electron chi connectivity index (χ1n) is 5.48. The van der Waals surface area contributed by atoms with Crippen LogP contribution in [-0.2, 0) is 4.79 Å². The fraction of sp³-hybridized carbons (Fsp3) is 0.909. The second-order valence-corrected chi connectivity index (χ2v) is 5.01. The van der Waals surface area contributed by atoms with Gasteiger partial charge in [-0.2, -0.15) is 0 Å². The van der Waals surface area contributed by atoms with Gasteiger partial charge in [0.05, 0.1) is 6.10 Å². The maximum Gasteiger partial charge on any atom is 0.136 e. The summed E-state index contributed by atoms with van der Waals surface area (Å²) < 4.78 is 0. The van der Waals surface area contributed by atoms with Gasteiger partial charge in [-0.1, -0.05) is 0 Å². The smallest absolute Gasteiger partial charge is 0.136 e. The van der Waals surface area contributed by atoms with Crippen molar-refractivity contribution in [3.8, 4) is 0 Å². The number of ketones is 1. The van der Waals surface area contributed by atoms with Gasteiger partial charge in [0.2, 0.25) is 0 Å². The largest absolute Gasteiger partial charge is 0.393 e. The van der Waals surface area contributed by atoms with E-state index in [9.17, 15) is 9.90 Å². The molecular formula is C11H16O2. The van der Waals surface area contributed by atoms with Gasteiger partial charge in [-0.05, 0) is 43.4 Å². The summed E-state index contributed by atoms with van der Waals surface area (Å²) in [6.45, 7) is 0. The highest BCUT2D eigenvalue weighted by Gasteiger charge is 2.51. The van der Waals surface area contributed by atoms with E-state index in [0.29, 0.717) is 23.5 Å². The fourth-order valence-electron chi connectivity index (χ4n) is 3.88. The van der Waals surface area contributed by atoms with E-state index in [0.717, 1.165) is 19.3 Å². The molecule has 2 heteroatoms. The van der Waals surface area contributed by atoms with Gasteiger partial charge in [-0.3, -0.25) is 4.79 Å². The number of rotatable bonds is 0. The molecule has 0 amide bonds. The zero-order valence-electron chi connectivity index (χ0n) is 7.78. The molecule has 0 spiro atoms. The molecule has 4 saturated carbocycles. The number of Topliss-reactive ketones (excluding diaryl/α,β-unsaturated/α-hetero) is 1. The van der Waals surface area contributed by atoms with Crippen LogP contribution < -0.4 is 0 Å². The average Bonchev–Trinajstić information content (AvgIpc) is 2.34. The predicted octanol–water partition coefficient (Wildman–Crippen LogP) is 1.37. The van der Waals surface area contributed by atoms with Crippen LogP contribution in [0.2, 0.25) is 0 Å². The van der Waals surface area contributed by atoms with Crippen LogP contribution in [0.1, 0.15) is 32.1 Å². The summed E-state index contributed by atoms with van der Waals surface area (Å²) in [4.78, 5) is 11.7. The van der Waals surface area contributed by atoms with E-state index in [2.05, 4.69) is 0 Å². The van der Waals surface area contributed by atoms with Crippen LogP contribution >= 0.6 is 0 Å². The number of carbonyl (C=O) groups is 1. The van der Waals surface area contributed by atoms with Crippen molar-refractivity contribution in [1.29, 1.82) is 0 Å². The van der Waals surface area contributed by atoms with Crippen LogP contribution in [-0.4, -0.2) is 17.0 Å². The van der Waals surface area contributed by atoms with Crippen molar-refractivity contribution in [1.82, 2.24) is 0 Å². The molecule has 2 nitrogen and oxygen atoms in total. The minimum absolute atomic E-state index is 0.149.